The van der Waals surface area contributed by atoms with Gasteiger partial charge >= 0.3 is 12.0 Å². The van der Waals surface area contributed by atoms with Crippen LogP contribution in [0.25, 0.3) is 0 Å². The van der Waals surface area contributed by atoms with E-state index in [0.29, 0.717) is 13.0 Å². The molecule has 2 rings (SSSR count). The quantitative estimate of drug-likeness (QED) is 0.508. The van der Waals surface area contributed by atoms with Crippen molar-refractivity contribution in [1.82, 2.24) is 10.6 Å². The van der Waals surface area contributed by atoms with Crippen LogP contribution in [0.3, 0.4) is 0 Å². The van der Waals surface area contributed by atoms with Gasteiger partial charge in [-0.1, -0.05) is 6.07 Å². The molecule has 0 unspecified atom stereocenters. The Kier molecular flexibility index (Phi) is 7.70. The Morgan fingerprint density at radius 1 is 1.21 bits per heavy atom. The number of methoxy groups -OCH3 is 1. The molecule has 10 nitrogen and oxygen atoms in total. The molecule has 29 heavy (non-hydrogen) atoms. The van der Waals surface area contributed by atoms with Crippen LogP contribution in [0.15, 0.2) is 40.6 Å². The molecule has 0 radical (unpaired) electrons. The molecule has 1 aromatic heterocycles. The van der Waals surface area contributed by atoms with Gasteiger partial charge in [0, 0.05) is 11.4 Å². The van der Waals surface area contributed by atoms with E-state index in [1.807, 2.05) is 22.8 Å². The van der Waals surface area contributed by atoms with E-state index >= 15 is 0 Å². The number of thiophene rings is 1. The van der Waals surface area contributed by atoms with Crippen molar-refractivity contribution in [2.75, 3.05) is 20.3 Å². The summed E-state index contributed by atoms with van der Waals surface area (Å²) in [6, 6.07) is 6.57. The lowest BCUT2D eigenvalue weighted by Crippen LogP contribution is -2.42. The Labute approximate surface area is 171 Å². The van der Waals surface area contributed by atoms with Crippen LogP contribution in [0.1, 0.15) is 15.2 Å². The molecule has 156 valence electrons. The largest absolute Gasteiger partial charge is 0.495 e. The van der Waals surface area contributed by atoms with Crippen molar-refractivity contribution < 1.29 is 32.3 Å². The van der Waals surface area contributed by atoms with Crippen LogP contribution in [0.2, 0.25) is 0 Å². The van der Waals surface area contributed by atoms with Crippen LogP contribution in [-0.2, 0) is 26.0 Å². The minimum atomic E-state index is -4.14. The second kappa shape index (κ2) is 10.0. The Bertz CT molecular complexity index is 988. The van der Waals surface area contributed by atoms with Gasteiger partial charge in [-0.3, -0.25) is 10.1 Å². The van der Waals surface area contributed by atoms with Crippen LogP contribution in [0.4, 0.5) is 4.79 Å². The Balaban J connectivity index is 1.83. The molecule has 0 saturated carbocycles. The highest BCUT2D eigenvalue weighted by Gasteiger charge is 2.19. The number of hydrogen-bond acceptors (Lipinski definition) is 8. The van der Waals surface area contributed by atoms with Gasteiger partial charge < -0.3 is 14.8 Å². The fourth-order valence-corrected chi connectivity index (χ4v) is 3.63. The van der Waals surface area contributed by atoms with Crippen LogP contribution in [0.5, 0.6) is 5.75 Å². The predicted octanol–water partition coefficient (Wildman–Crippen LogP) is 0.629. The van der Waals surface area contributed by atoms with Crippen LogP contribution in [-0.4, -0.2) is 46.6 Å². The number of imide groups is 1. The van der Waals surface area contributed by atoms with Gasteiger partial charge in [-0.25, -0.2) is 23.1 Å². The van der Waals surface area contributed by atoms with Gasteiger partial charge in [0.2, 0.25) is 10.0 Å². The lowest BCUT2D eigenvalue weighted by Gasteiger charge is -2.09. The number of benzene rings is 1. The summed E-state index contributed by atoms with van der Waals surface area (Å²) >= 11 is 1.55. The van der Waals surface area contributed by atoms with E-state index in [1.165, 1.54) is 19.2 Å². The average molecular weight is 441 g/mol. The topological polar surface area (TPSA) is 154 Å². The lowest BCUT2D eigenvalue weighted by atomic mass is 10.2. The smallest absolute Gasteiger partial charge is 0.338 e. The molecule has 0 bridgehead atoms. The van der Waals surface area contributed by atoms with Gasteiger partial charge in [0.1, 0.15) is 10.6 Å². The minimum absolute atomic E-state index is 0.0407. The zero-order chi connectivity index (χ0) is 21.4. The molecule has 2 aromatic rings. The standard InChI is InChI=1S/C17H19N3O7S2/c1-26-13-5-4-11(9-14(13)29(18,24)25)16(22)27-10-15(21)20-17(23)19-7-6-12-3-2-8-28-12/h2-5,8-9H,6-7,10H2,1H3,(H2,18,24,25)(H2,19,20,21,23). The number of esters is 1. The first-order chi connectivity index (χ1) is 13.7. The maximum atomic E-state index is 12.0. The fraction of sp³-hybridized carbons (Fsp3) is 0.235. The van der Waals surface area contributed by atoms with Crippen molar-refractivity contribution in [2.45, 2.75) is 11.3 Å². The third kappa shape index (κ3) is 6.85. The Morgan fingerprint density at radius 3 is 2.59 bits per heavy atom. The molecule has 12 heteroatoms. The first-order valence-electron chi connectivity index (χ1n) is 8.18. The number of urea groups is 1. The summed E-state index contributed by atoms with van der Waals surface area (Å²) in [4.78, 5) is 36.1. The molecule has 0 aliphatic heterocycles. The zero-order valence-electron chi connectivity index (χ0n) is 15.3. The molecule has 0 aliphatic carbocycles. The van der Waals surface area contributed by atoms with Gasteiger partial charge in [0.05, 0.1) is 12.7 Å². The van der Waals surface area contributed by atoms with Gasteiger partial charge in [-0.15, -0.1) is 11.3 Å². The number of carbonyl (C=O) groups excluding carboxylic acids is 3. The first-order valence-corrected chi connectivity index (χ1v) is 10.6. The normalized spacial score (nSPS) is 10.8. The van der Waals surface area contributed by atoms with Crippen molar-refractivity contribution in [2.24, 2.45) is 5.14 Å². The molecule has 0 saturated heterocycles. The summed E-state index contributed by atoms with van der Waals surface area (Å²) in [6.07, 6.45) is 0.623. The number of ether oxygens (including phenoxy) is 2. The van der Waals surface area contributed by atoms with Crippen molar-refractivity contribution in [1.29, 1.82) is 0 Å². The van der Waals surface area contributed by atoms with Crippen molar-refractivity contribution in [3.05, 3.63) is 46.2 Å². The fourth-order valence-electron chi connectivity index (χ4n) is 2.20. The summed E-state index contributed by atoms with van der Waals surface area (Å²) in [5.74, 6) is -1.85. The highest BCUT2D eigenvalue weighted by atomic mass is 32.2. The molecule has 0 fully saturated rings. The van der Waals surface area contributed by atoms with Gasteiger partial charge in [-0.05, 0) is 36.1 Å². The number of sulfonamides is 1. The van der Waals surface area contributed by atoms with E-state index in [4.69, 9.17) is 14.6 Å². The number of hydrogen-bond donors (Lipinski definition) is 3. The summed E-state index contributed by atoms with van der Waals surface area (Å²) < 4.78 is 32.8. The number of nitrogens with one attached hydrogen (secondary N) is 2. The second-order valence-electron chi connectivity index (χ2n) is 5.62. The van der Waals surface area contributed by atoms with Crippen LogP contribution >= 0.6 is 11.3 Å². The van der Waals surface area contributed by atoms with Crippen LogP contribution < -0.4 is 20.5 Å². The number of amides is 3. The SMILES string of the molecule is COc1ccc(C(=O)OCC(=O)NC(=O)NCCc2cccs2)cc1S(N)(=O)=O. The number of nitrogens with two attached hydrogens (primary N) is 1. The van der Waals surface area contributed by atoms with Crippen molar-refractivity contribution in [3.8, 4) is 5.75 Å². The molecule has 0 atom stereocenters. The zero-order valence-corrected chi connectivity index (χ0v) is 17.0. The van der Waals surface area contributed by atoms with E-state index in [9.17, 15) is 22.8 Å². The summed E-state index contributed by atoms with van der Waals surface area (Å²) in [5, 5.41) is 11.5. The molecule has 1 aromatic carbocycles. The third-order valence-corrected chi connectivity index (χ3v) is 5.40. The minimum Gasteiger partial charge on any atom is -0.495 e. The Hall–Kier alpha value is -2.96. The van der Waals surface area contributed by atoms with Gasteiger partial charge in [0.25, 0.3) is 5.91 Å². The van der Waals surface area contributed by atoms with E-state index in [-0.39, 0.29) is 11.3 Å². The number of carbonyl (C=O) groups is 3. The predicted molar refractivity (Wildman–Crippen MR) is 104 cm³/mol. The maximum absolute atomic E-state index is 12.0. The molecule has 0 spiro atoms. The van der Waals surface area contributed by atoms with E-state index in [1.54, 1.807) is 11.3 Å². The highest BCUT2D eigenvalue weighted by molar-refractivity contribution is 7.89. The van der Waals surface area contributed by atoms with Crippen molar-refractivity contribution >= 4 is 39.3 Å². The lowest BCUT2D eigenvalue weighted by molar-refractivity contribution is -0.123. The van der Waals surface area contributed by atoms with E-state index in [2.05, 4.69) is 5.32 Å². The third-order valence-electron chi connectivity index (χ3n) is 3.53. The highest BCUT2D eigenvalue weighted by Crippen LogP contribution is 2.24. The number of primary sulfonamides is 1. The monoisotopic (exact) mass is 441 g/mol. The average Bonchev–Trinajstić information content (AvgIpc) is 3.18. The van der Waals surface area contributed by atoms with Crippen molar-refractivity contribution in [3.63, 3.8) is 0 Å². The van der Waals surface area contributed by atoms with E-state index in [0.717, 1.165) is 10.9 Å². The molecular weight excluding hydrogens is 422 g/mol. The molecule has 3 amide bonds. The van der Waals surface area contributed by atoms with Gasteiger partial charge in [0.15, 0.2) is 6.61 Å². The summed E-state index contributed by atoms with van der Waals surface area (Å²) in [7, 11) is -2.89. The molecule has 1 heterocycles. The van der Waals surface area contributed by atoms with E-state index < -0.39 is 39.4 Å². The summed E-state index contributed by atoms with van der Waals surface area (Å²) in [5.41, 5.74) is -0.150. The second-order valence-corrected chi connectivity index (χ2v) is 8.18. The Morgan fingerprint density at radius 2 is 1.97 bits per heavy atom. The summed E-state index contributed by atoms with van der Waals surface area (Å²) in [6.45, 7) is -0.393. The molecule has 4 N–H and O–H groups in total. The maximum Gasteiger partial charge on any atom is 0.338 e. The molecular formula is C17H19N3O7S2. The van der Waals surface area contributed by atoms with Gasteiger partial charge in [-0.2, -0.15) is 0 Å². The first kappa shape index (κ1) is 22.3. The number of rotatable bonds is 8. The van der Waals surface area contributed by atoms with Crippen LogP contribution in [0, 0.1) is 0 Å². The molecule has 0 aliphatic rings.